The van der Waals surface area contributed by atoms with Crippen molar-refractivity contribution in [1.29, 1.82) is 0 Å². The van der Waals surface area contributed by atoms with Gasteiger partial charge in [0.25, 0.3) is 0 Å². The lowest BCUT2D eigenvalue weighted by molar-refractivity contribution is 0.567. The highest BCUT2D eigenvalue weighted by atomic mass is 15.1. The summed E-state index contributed by atoms with van der Waals surface area (Å²) in [5.41, 5.74) is 0.966. The van der Waals surface area contributed by atoms with E-state index in [2.05, 4.69) is 40.5 Å². The zero-order valence-electron chi connectivity index (χ0n) is 11.9. The molecule has 4 nitrogen and oxygen atoms in total. The Balaban J connectivity index is 2.16. The number of hydrogen-bond donors (Lipinski definition) is 2. The van der Waals surface area contributed by atoms with Crippen LogP contribution in [0.4, 0.5) is 11.8 Å². The second-order valence-corrected chi connectivity index (χ2v) is 5.13. The van der Waals surface area contributed by atoms with Crippen molar-refractivity contribution in [2.45, 2.75) is 26.7 Å². The maximum Gasteiger partial charge on any atom is 0.224 e. The smallest absolute Gasteiger partial charge is 0.224 e. The molecule has 1 aromatic carbocycles. The van der Waals surface area contributed by atoms with E-state index in [1.54, 1.807) is 0 Å². The summed E-state index contributed by atoms with van der Waals surface area (Å²) >= 11 is 0. The molecule has 2 rings (SSSR count). The molecule has 0 spiro atoms. The normalized spacial score (nSPS) is 10.9. The number of benzene rings is 1. The molecule has 19 heavy (non-hydrogen) atoms. The molecule has 0 atom stereocenters. The van der Waals surface area contributed by atoms with Gasteiger partial charge in [0.1, 0.15) is 5.82 Å². The van der Waals surface area contributed by atoms with E-state index in [1.807, 2.05) is 25.2 Å². The molecule has 0 radical (unpaired) electrons. The van der Waals surface area contributed by atoms with E-state index >= 15 is 0 Å². The van der Waals surface area contributed by atoms with Crippen LogP contribution in [0.15, 0.2) is 24.3 Å². The molecular weight excluding hydrogens is 236 g/mol. The summed E-state index contributed by atoms with van der Waals surface area (Å²) in [5.74, 6) is 2.32. The van der Waals surface area contributed by atoms with Gasteiger partial charge in [-0.15, -0.1) is 0 Å². The van der Waals surface area contributed by atoms with Gasteiger partial charge in [0.05, 0.1) is 5.52 Å². The van der Waals surface area contributed by atoms with Crippen molar-refractivity contribution < 1.29 is 0 Å². The van der Waals surface area contributed by atoms with Crippen molar-refractivity contribution >= 4 is 22.7 Å². The maximum atomic E-state index is 4.50. The fraction of sp³-hybridized carbons (Fsp3) is 0.467. The lowest BCUT2D eigenvalue weighted by Crippen LogP contribution is -2.07. The number of hydrogen-bond acceptors (Lipinski definition) is 4. The molecule has 0 unspecified atom stereocenters. The molecule has 4 heteroatoms. The van der Waals surface area contributed by atoms with Gasteiger partial charge in [0.2, 0.25) is 5.95 Å². The van der Waals surface area contributed by atoms with E-state index in [1.165, 1.54) is 6.42 Å². The first kappa shape index (κ1) is 13.6. The van der Waals surface area contributed by atoms with Crippen LogP contribution in [-0.2, 0) is 0 Å². The van der Waals surface area contributed by atoms with Crippen LogP contribution < -0.4 is 10.6 Å². The van der Waals surface area contributed by atoms with Gasteiger partial charge in [-0.1, -0.05) is 26.0 Å². The van der Waals surface area contributed by atoms with E-state index in [4.69, 9.17) is 0 Å². The quantitative estimate of drug-likeness (QED) is 0.778. The van der Waals surface area contributed by atoms with Gasteiger partial charge in [-0.05, 0) is 30.9 Å². The first-order valence-electron chi connectivity index (χ1n) is 6.89. The van der Waals surface area contributed by atoms with Gasteiger partial charge in [0.15, 0.2) is 0 Å². The van der Waals surface area contributed by atoms with Crippen molar-refractivity contribution in [3.05, 3.63) is 24.3 Å². The fourth-order valence-electron chi connectivity index (χ4n) is 2.04. The van der Waals surface area contributed by atoms with Crippen LogP contribution in [0, 0.1) is 5.92 Å². The molecule has 0 bridgehead atoms. The second kappa shape index (κ2) is 6.36. The Bertz CT molecular complexity index is 537. The van der Waals surface area contributed by atoms with Crippen LogP contribution in [0.5, 0.6) is 0 Å². The van der Waals surface area contributed by atoms with E-state index in [9.17, 15) is 0 Å². The Morgan fingerprint density at radius 3 is 2.68 bits per heavy atom. The van der Waals surface area contributed by atoms with Crippen molar-refractivity contribution in [3.8, 4) is 0 Å². The number of nitrogens with zero attached hydrogens (tertiary/aromatic N) is 2. The highest BCUT2D eigenvalue weighted by molar-refractivity contribution is 5.89. The zero-order valence-corrected chi connectivity index (χ0v) is 11.9. The largest absolute Gasteiger partial charge is 0.369 e. The Morgan fingerprint density at radius 2 is 1.95 bits per heavy atom. The van der Waals surface area contributed by atoms with Gasteiger partial charge in [-0.2, -0.15) is 4.98 Å². The molecule has 0 aliphatic rings. The molecule has 2 N–H and O–H groups in total. The molecule has 0 fully saturated rings. The highest BCUT2D eigenvalue weighted by Crippen LogP contribution is 2.21. The van der Waals surface area contributed by atoms with Crippen LogP contribution >= 0.6 is 0 Å². The monoisotopic (exact) mass is 258 g/mol. The zero-order chi connectivity index (χ0) is 13.7. The van der Waals surface area contributed by atoms with Crippen molar-refractivity contribution in [3.63, 3.8) is 0 Å². The Labute approximate surface area is 114 Å². The summed E-state index contributed by atoms with van der Waals surface area (Å²) < 4.78 is 0. The molecular formula is C15H22N4. The molecule has 102 valence electrons. The molecule has 0 aliphatic carbocycles. The Kier molecular flexibility index (Phi) is 4.55. The first-order chi connectivity index (χ1) is 9.20. The van der Waals surface area contributed by atoms with E-state index in [-0.39, 0.29) is 0 Å². The minimum absolute atomic E-state index is 0.657. The van der Waals surface area contributed by atoms with E-state index in [0.717, 1.165) is 35.6 Å². The third-order valence-corrected chi connectivity index (χ3v) is 3.08. The minimum Gasteiger partial charge on any atom is -0.369 e. The molecule has 1 aromatic heterocycles. The predicted octanol–water partition coefficient (Wildman–Crippen LogP) is 3.52. The molecule has 0 aliphatic heterocycles. The third kappa shape index (κ3) is 3.56. The number of para-hydroxylation sites is 1. The van der Waals surface area contributed by atoms with E-state index < -0.39 is 0 Å². The standard InChI is InChI=1S/C15H22N4/c1-11(2)7-6-10-17-14-12-8-4-5-9-13(12)18-15(16-3)19-14/h4-5,8-9,11H,6-7,10H2,1-3H3,(H2,16,17,18,19). The molecule has 2 aromatic rings. The minimum atomic E-state index is 0.657. The number of aromatic nitrogens is 2. The first-order valence-corrected chi connectivity index (χ1v) is 6.89. The summed E-state index contributed by atoms with van der Waals surface area (Å²) in [6, 6.07) is 8.08. The van der Waals surface area contributed by atoms with Gasteiger partial charge in [-0.3, -0.25) is 0 Å². The topological polar surface area (TPSA) is 49.8 Å². The summed E-state index contributed by atoms with van der Waals surface area (Å²) in [5, 5.41) is 7.51. The SMILES string of the molecule is CNc1nc(NCCCC(C)C)c2ccccc2n1. The van der Waals surface area contributed by atoms with Crippen LogP contribution in [0.2, 0.25) is 0 Å². The number of rotatable bonds is 6. The Hall–Kier alpha value is -1.84. The van der Waals surface area contributed by atoms with E-state index in [0.29, 0.717) is 5.95 Å². The average molecular weight is 258 g/mol. The van der Waals surface area contributed by atoms with Gasteiger partial charge in [0, 0.05) is 19.0 Å². The van der Waals surface area contributed by atoms with Gasteiger partial charge >= 0.3 is 0 Å². The van der Waals surface area contributed by atoms with Crippen molar-refractivity contribution in [1.82, 2.24) is 9.97 Å². The molecule has 0 amide bonds. The van der Waals surface area contributed by atoms with Crippen molar-refractivity contribution in [2.75, 3.05) is 24.2 Å². The number of nitrogens with one attached hydrogen (secondary N) is 2. The van der Waals surface area contributed by atoms with Gasteiger partial charge in [-0.25, -0.2) is 4.98 Å². The van der Waals surface area contributed by atoms with Crippen LogP contribution in [0.3, 0.4) is 0 Å². The summed E-state index contributed by atoms with van der Waals surface area (Å²) in [7, 11) is 1.84. The molecule has 0 saturated heterocycles. The summed E-state index contributed by atoms with van der Waals surface area (Å²) in [4.78, 5) is 8.95. The van der Waals surface area contributed by atoms with Crippen LogP contribution in [0.1, 0.15) is 26.7 Å². The lowest BCUT2D eigenvalue weighted by Gasteiger charge is -2.11. The predicted molar refractivity (Wildman–Crippen MR) is 81.6 cm³/mol. The summed E-state index contributed by atoms with van der Waals surface area (Å²) in [6.45, 7) is 5.45. The fourth-order valence-corrected chi connectivity index (χ4v) is 2.04. The van der Waals surface area contributed by atoms with Crippen LogP contribution in [-0.4, -0.2) is 23.6 Å². The highest BCUT2D eigenvalue weighted by Gasteiger charge is 2.05. The number of anilines is 2. The third-order valence-electron chi connectivity index (χ3n) is 3.08. The Morgan fingerprint density at radius 1 is 1.16 bits per heavy atom. The van der Waals surface area contributed by atoms with Crippen molar-refractivity contribution in [2.24, 2.45) is 5.92 Å². The lowest BCUT2D eigenvalue weighted by atomic mass is 10.1. The molecule has 0 saturated carbocycles. The maximum absolute atomic E-state index is 4.50. The summed E-state index contributed by atoms with van der Waals surface area (Å²) in [6.07, 6.45) is 2.39. The van der Waals surface area contributed by atoms with Gasteiger partial charge < -0.3 is 10.6 Å². The number of fused-ring (bicyclic) bond motifs is 1. The second-order valence-electron chi connectivity index (χ2n) is 5.13. The van der Waals surface area contributed by atoms with Crippen LogP contribution in [0.25, 0.3) is 10.9 Å². The molecule has 1 heterocycles. The average Bonchev–Trinajstić information content (AvgIpc) is 2.42.